The van der Waals surface area contributed by atoms with E-state index in [1.165, 1.54) is 0 Å². The van der Waals surface area contributed by atoms with E-state index < -0.39 is 0 Å². The third kappa shape index (κ3) is 2.71. The zero-order valence-electron chi connectivity index (χ0n) is 11.9. The highest BCUT2D eigenvalue weighted by Gasteiger charge is 2.30. The number of rotatable bonds is 3. The summed E-state index contributed by atoms with van der Waals surface area (Å²) in [5.74, 6) is 0.663. The molecule has 0 spiro atoms. The van der Waals surface area contributed by atoms with Gasteiger partial charge in [0.2, 0.25) is 0 Å². The number of carbonyl (C=O) groups excluding carboxylic acids is 1. The van der Waals surface area contributed by atoms with Crippen molar-refractivity contribution in [3.63, 3.8) is 0 Å². The van der Waals surface area contributed by atoms with Crippen LogP contribution in [0.15, 0.2) is 24.4 Å². The molecule has 2 aromatic rings. The standard InChI is InChI=1S/C14H16ClN5O/c1-9-6-12(19(2)18-9)14(21)17-10-7-20(8-10)13-11(15)4-3-5-16-13/h3-6,10H,7-8H2,1-2H3,(H,17,21). The maximum Gasteiger partial charge on any atom is 0.269 e. The molecule has 21 heavy (non-hydrogen) atoms. The van der Waals surface area contributed by atoms with Gasteiger partial charge in [-0.1, -0.05) is 11.6 Å². The number of aryl methyl sites for hydroxylation is 2. The Morgan fingerprint density at radius 3 is 2.86 bits per heavy atom. The molecule has 110 valence electrons. The number of hydrogen-bond donors (Lipinski definition) is 1. The third-order valence-corrected chi connectivity index (χ3v) is 3.78. The second kappa shape index (κ2) is 5.37. The monoisotopic (exact) mass is 305 g/mol. The smallest absolute Gasteiger partial charge is 0.269 e. The van der Waals surface area contributed by atoms with Crippen molar-refractivity contribution < 1.29 is 4.79 Å². The lowest BCUT2D eigenvalue weighted by Gasteiger charge is -2.40. The highest BCUT2D eigenvalue weighted by molar-refractivity contribution is 6.32. The van der Waals surface area contributed by atoms with E-state index in [0.29, 0.717) is 23.8 Å². The summed E-state index contributed by atoms with van der Waals surface area (Å²) in [5.41, 5.74) is 1.40. The molecule has 1 fully saturated rings. The molecule has 0 aliphatic carbocycles. The number of hydrogen-bond acceptors (Lipinski definition) is 4. The maximum atomic E-state index is 12.2. The molecule has 1 amide bonds. The van der Waals surface area contributed by atoms with Gasteiger partial charge in [-0.05, 0) is 25.1 Å². The Labute approximate surface area is 127 Å². The Balaban J connectivity index is 1.59. The molecular formula is C14H16ClN5O. The van der Waals surface area contributed by atoms with Crippen LogP contribution < -0.4 is 10.2 Å². The lowest BCUT2D eigenvalue weighted by Crippen LogP contribution is -2.59. The molecule has 7 heteroatoms. The van der Waals surface area contributed by atoms with E-state index in [-0.39, 0.29) is 11.9 Å². The summed E-state index contributed by atoms with van der Waals surface area (Å²) in [6.45, 7) is 3.28. The van der Waals surface area contributed by atoms with Crippen LogP contribution in [0.3, 0.4) is 0 Å². The van der Waals surface area contributed by atoms with Gasteiger partial charge in [-0.3, -0.25) is 9.48 Å². The molecule has 6 nitrogen and oxygen atoms in total. The molecule has 0 radical (unpaired) electrons. The van der Waals surface area contributed by atoms with Gasteiger partial charge in [0.15, 0.2) is 0 Å². The van der Waals surface area contributed by atoms with Crippen molar-refractivity contribution in [2.24, 2.45) is 7.05 Å². The first-order valence-corrected chi connectivity index (χ1v) is 7.09. The Kier molecular flexibility index (Phi) is 3.55. The fourth-order valence-corrected chi connectivity index (χ4v) is 2.68. The van der Waals surface area contributed by atoms with E-state index >= 15 is 0 Å². The van der Waals surface area contributed by atoms with Gasteiger partial charge in [0, 0.05) is 26.3 Å². The second-order valence-electron chi connectivity index (χ2n) is 5.18. The lowest BCUT2D eigenvalue weighted by molar-refractivity contribution is 0.0920. The van der Waals surface area contributed by atoms with Crippen LogP contribution in [0.25, 0.3) is 0 Å². The first kappa shape index (κ1) is 13.9. The van der Waals surface area contributed by atoms with Crippen molar-refractivity contribution in [1.29, 1.82) is 0 Å². The minimum Gasteiger partial charge on any atom is -0.351 e. The van der Waals surface area contributed by atoms with Crippen molar-refractivity contribution >= 4 is 23.3 Å². The third-order valence-electron chi connectivity index (χ3n) is 3.49. The number of anilines is 1. The highest BCUT2D eigenvalue weighted by atomic mass is 35.5. The Morgan fingerprint density at radius 1 is 1.48 bits per heavy atom. The van der Waals surface area contributed by atoms with Crippen molar-refractivity contribution in [3.8, 4) is 0 Å². The van der Waals surface area contributed by atoms with Gasteiger partial charge in [-0.25, -0.2) is 4.98 Å². The van der Waals surface area contributed by atoms with Crippen LogP contribution >= 0.6 is 11.6 Å². The average Bonchev–Trinajstić information content (AvgIpc) is 2.73. The normalized spacial score (nSPS) is 14.9. The molecule has 1 saturated heterocycles. The molecule has 0 unspecified atom stereocenters. The summed E-state index contributed by atoms with van der Waals surface area (Å²) in [6, 6.07) is 5.50. The average molecular weight is 306 g/mol. The van der Waals surface area contributed by atoms with E-state index in [4.69, 9.17) is 11.6 Å². The number of aromatic nitrogens is 3. The van der Waals surface area contributed by atoms with Gasteiger partial charge in [-0.15, -0.1) is 0 Å². The summed E-state index contributed by atoms with van der Waals surface area (Å²) in [4.78, 5) is 18.5. The van der Waals surface area contributed by atoms with Crippen LogP contribution in [0, 0.1) is 6.92 Å². The lowest BCUT2D eigenvalue weighted by atomic mass is 10.1. The molecule has 3 rings (SSSR count). The van der Waals surface area contributed by atoms with Crippen LogP contribution in [-0.2, 0) is 7.05 Å². The molecule has 3 heterocycles. The summed E-state index contributed by atoms with van der Waals surface area (Å²) in [5, 5.41) is 7.80. The molecule has 2 aromatic heterocycles. The van der Waals surface area contributed by atoms with Crippen LogP contribution in [0.2, 0.25) is 5.02 Å². The minimum absolute atomic E-state index is 0.102. The number of nitrogens with zero attached hydrogens (tertiary/aromatic N) is 4. The number of pyridine rings is 1. The van der Waals surface area contributed by atoms with Crippen molar-refractivity contribution in [1.82, 2.24) is 20.1 Å². The number of nitrogens with one attached hydrogen (secondary N) is 1. The largest absolute Gasteiger partial charge is 0.351 e. The topological polar surface area (TPSA) is 63.1 Å². The zero-order valence-corrected chi connectivity index (χ0v) is 12.6. The van der Waals surface area contributed by atoms with E-state index in [1.807, 2.05) is 17.9 Å². The first-order valence-electron chi connectivity index (χ1n) is 6.71. The quantitative estimate of drug-likeness (QED) is 0.931. The Bertz CT molecular complexity index is 678. The molecule has 1 N–H and O–H groups in total. The number of halogens is 1. The van der Waals surface area contributed by atoms with Crippen LogP contribution in [0.1, 0.15) is 16.2 Å². The minimum atomic E-state index is -0.102. The number of amides is 1. The highest BCUT2D eigenvalue weighted by Crippen LogP contribution is 2.26. The van der Waals surface area contributed by atoms with Crippen LogP contribution in [0.5, 0.6) is 0 Å². The summed E-state index contributed by atoms with van der Waals surface area (Å²) < 4.78 is 1.59. The van der Waals surface area contributed by atoms with Gasteiger partial charge in [0.25, 0.3) is 5.91 Å². The Morgan fingerprint density at radius 2 is 2.24 bits per heavy atom. The van der Waals surface area contributed by atoms with E-state index in [1.54, 1.807) is 30.1 Å². The second-order valence-corrected chi connectivity index (χ2v) is 5.59. The van der Waals surface area contributed by atoms with Crippen molar-refractivity contribution in [2.45, 2.75) is 13.0 Å². The van der Waals surface area contributed by atoms with Gasteiger partial charge in [0.1, 0.15) is 11.5 Å². The van der Waals surface area contributed by atoms with E-state index in [2.05, 4.69) is 15.4 Å². The summed E-state index contributed by atoms with van der Waals surface area (Å²) in [7, 11) is 1.77. The molecule has 1 aliphatic rings. The van der Waals surface area contributed by atoms with Crippen LogP contribution in [-0.4, -0.2) is 39.8 Å². The summed E-state index contributed by atoms with van der Waals surface area (Å²) >= 11 is 6.10. The maximum absolute atomic E-state index is 12.2. The van der Waals surface area contributed by atoms with Gasteiger partial charge < -0.3 is 10.2 Å². The predicted molar refractivity (Wildman–Crippen MR) is 80.7 cm³/mol. The van der Waals surface area contributed by atoms with Gasteiger partial charge in [-0.2, -0.15) is 5.10 Å². The number of carbonyl (C=O) groups is 1. The fourth-order valence-electron chi connectivity index (χ4n) is 2.44. The van der Waals surface area contributed by atoms with E-state index in [0.717, 1.165) is 11.5 Å². The molecule has 0 saturated carbocycles. The molecule has 0 aromatic carbocycles. The molecule has 0 bridgehead atoms. The SMILES string of the molecule is Cc1cc(C(=O)NC2CN(c3ncccc3Cl)C2)n(C)n1. The van der Waals surface area contributed by atoms with Gasteiger partial charge in [0.05, 0.1) is 16.8 Å². The van der Waals surface area contributed by atoms with Crippen molar-refractivity contribution in [3.05, 3.63) is 40.8 Å². The zero-order chi connectivity index (χ0) is 15.0. The Hall–Kier alpha value is -2.08. The van der Waals surface area contributed by atoms with E-state index in [9.17, 15) is 4.79 Å². The fraction of sp³-hybridized carbons (Fsp3) is 0.357. The van der Waals surface area contributed by atoms with Crippen LogP contribution in [0.4, 0.5) is 5.82 Å². The first-order chi connectivity index (χ1) is 10.0. The van der Waals surface area contributed by atoms with Crippen molar-refractivity contribution in [2.75, 3.05) is 18.0 Å². The summed E-state index contributed by atoms with van der Waals surface area (Å²) in [6.07, 6.45) is 1.71. The predicted octanol–water partition coefficient (Wildman–Crippen LogP) is 1.40. The molecule has 1 aliphatic heterocycles. The van der Waals surface area contributed by atoms with Gasteiger partial charge >= 0.3 is 0 Å². The molecule has 0 atom stereocenters. The molecular weight excluding hydrogens is 290 g/mol.